The lowest BCUT2D eigenvalue weighted by molar-refractivity contribution is -0.108. The lowest BCUT2D eigenvalue weighted by Crippen LogP contribution is -2.49. The van der Waals surface area contributed by atoms with Gasteiger partial charge in [-0.25, -0.2) is 0 Å². The number of fused-ring (bicyclic) bond motifs is 5. The highest BCUT2D eigenvalue weighted by Crippen LogP contribution is 2.67. The van der Waals surface area contributed by atoms with E-state index in [1.807, 2.05) is 36.4 Å². The van der Waals surface area contributed by atoms with Gasteiger partial charge in [-0.3, -0.25) is 0 Å². The number of aromatic hydroxyl groups is 1. The number of rotatable bonds is 1. The second-order valence-corrected chi connectivity index (χ2v) is 9.28. The summed E-state index contributed by atoms with van der Waals surface area (Å²) < 4.78 is 0. The summed E-state index contributed by atoms with van der Waals surface area (Å²) >= 11 is 0. The number of aliphatic hydroxyl groups is 1. The summed E-state index contributed by atoms with van der Waals surface area (Å²) in [5.41, 5.74) is 9.58. The Bertz CT molecular complexity index is 876. The molecule has 3 aliphatic rings. The van der Waals surface area contributed by atoms with Crippen LogP contribution >= 0.6 is 0 Å². The van der Waals surface area contributed by atoms with E-state index in [4.69, 9.17) is 5.73 Å². The number of anilines is 1. The van der Waals surface area contributed by atoms with Crippen LogP contribution in [0.2, 0.25) is 0 Å². The Morgan fingerprint density at radius 2 is 1.78 bits per heavy atom. The van der Waals surface area contributed by atoms with E-state index in [9.17, 15) is 10.2 Å². The first-order valence-electron chi connectivity index (χ1n) is 10.3. The highest BCUT2D eigenvalue weighted by Gasteiger charge is 2.62. The Morgan fingerprint density at radius 3 is 2.56 bits per heavy atom. The molecule has 0 aliphatic heterocycles. The van der Waals surface area contributed by atoms with Crippen LogP contribution in [0.1, 0.15) is 61.6 Å². The molecule has 4 N–H and O–H groups in total. The number of hydrogen-bond donors (Lipinski definition) is 3. The molecule has 0 bridgehead atoms. The first kappa shape index (κ1) is 17.1. The van der Waals surface area contributed by atoms with Crippen molar-refractivity contribution in [2.45, 2.75) is 57.0 Å². The molecular weight excluding hydrogens is 334 g/mol. The fraction of sp³-hybridized carbons (Fsp3) is 0.500. The highest BCUT2D eigenvalue weighted by molar-refractivity contribution is 5.43. The molecule has 5 rings (SSSR count). The Kier molecular flexibility index (Phi) is 3.64. The molecule has 5 atom stereocenters. The number of nitrogen functional groups attached to an aromatic ring is 1. The molecule has 0 radical (unpaired) electrons. The molecule has 0 saturated heterocycles. The van der Waals surface area contributed by atoms with E-state index in [0.717, 1.165) is 43.4 Å². The van der Waals surface area contributed by atoms with Crippen molar-refractivity contribution in [2.24, 2.45) is 17.3 Å². The lowest BCUT2D eigenvalue weighted by atomic mass is 9.52. The summed E-state index contributed by atoms with van der Waals surface area (Å²) in [7, 11) is 0. The number of benzene rings is 2. The number of nitrogens with two attached hydrogens (primary N) is 1. The normalized spacial score (nSPS) is 37.3. The second-order valence-electron chi connectivity index (χ2n) is 9.28. The number of phenolic OH excluding ortho intramolecular Hbond substituents is 1. The zero-order valence-electron chi connectivity index (χ0n) is 16.0. The van der Waals surface area contributed by atoms with Crippen molar-refractivity contribution < 1.29 is 10.2 Å². The lowest BCUT2D eigenvalue weighted by Gasteiger charge is -2.53. The van der Waals surface area contributed by atoms with Crippen molar-refractivity contribution >= 4 is 5.69 Å². The van der Waals surface area contributed by atoms with E-state index < -0.39 is 5.60 Å². The van der Waals surface area contributed by atoms with Crippen LogP contribution in [0.25, 0.3) is 0 Å². The molecular formula is C24H29NO2. The van der Waals surface area contributed by atoms with Crippen molar-refractivity contribution in [2.75, 3.05) is 5.73 Å². The molecule has 3 nitrogen and oxygen atoms in total. The molecule has 2 aromatic rings. The number of phenols is 1. The van der Waals surface area contributed by atoms with Gasteiger partial charge in [0.25, 0.3) is 0 Å². The van der Waals surface area contributed by atoms with Crippen molar-refractivity contribution in [3.8, 4) is 5.75 Å². The van der Waals surface area contributed by atoms with Crippen LogP contribution in [0.4, 0.5) is 5.69 Å². The molecule has 0 heterocycles. The van der Waals surface area contributed by atoms with Gasteiger partial charge in [0.15, 0.2) is 0 Å². The molecule has 27 heavy (non-hydrogen) atoms. The van der Waals surface area contributed by atoms with Gasteiger partial charge in [0.2, 0.25) is 0 Å². The van der Waals surface area contributed by atoms with Gasteiger partial charge in [0.05, 0.1) is 5.60 Å². The van der Waals surface area contributed by atoms with Crippen molar-refractivity contribution in [3.05, 3.63) is 59.2 Å². The maximum Gasteiger partial charge on any atom is 0.115 e. The van der Waals surface area contributed by atoms with Crippen LogP contribution < -0.4 is 5.73 Å². The third-order valence-corrected chi connectivity index (χ3v) is 8.25. The number of aryl methyl sites for hydroxylation is 1. The molecule has 142 valence electrons. The van der Waals surface area contributed by atoms with Gasteiger partial charge in [0.1, 0.15) is 5.75 Å². The summed E-state index contributed by atoms with van der Waals surface area (Å²) in [6.07, 6.45) is 6.29. The molecule has 2 fully saturated rings. The van der Waals surface area contributed by atoms with Crippen LogP contribution in [-0.2, 0) is 12.0 Å². The Balaban J connectivity index is 1.51. The standard InChI is InChI=1S/C24H29NO2/c1-23-12-10-20-19-9-7-18(26)14-15(19)2-8-21(20)22(23)11-13-24(23,27)16-3-5-17(25)6-4-16/h3-7,9,14,20-22,26-27H,2,8,10-13,25H2,1H3/t20-,21-,22+,23+,24-/m1/s1. The zero-order valence-corrected chi connectivity index (χ0v) is 16.0. The quantitative estimate of drug-likeness (QED) is 0.642. The van der Waals surface area contributed by atoms with E-state index in [1.54, 1.807) is 0 Å². The SMILES string of the molecule is C[C@]12CC[C@@H]3c4ccc(O)cc4CC[C@H]3[C@@H]1CC[C@@]2(O)c1ccc(N)cc1. The van der Waals surface area contributed by atoms with Crippen molar-refractivity contribution in [1.82, 2.24) is 0 Å². The minimum absolute atomic E-state index is 0.0846. The Labute approximate surface area is 161 Å². The third kappa shape index (κ3) is 2.30. The molecule has 0 amide bonds. The first-order valence-corrected chi connectivity index (χ1v) is 10.3. The predicted molar refractivity (Wildman–Crippen MR) is 107 cm³/mol. The van der Waals surface area contributed by atoms with Gasteiger partial charge in [-0.05, 0) is 97.2 Å². The van der Waals surface area contributed by atoms with Crippen LogP contribution in [-0.4, -0.2) is 10.2 Å². The smallest absolute Gasteiger partial charge is 0.115 e. The summed E-state index contributed by atoms with van der Waals surface area (Å²) in [5.74, 6) is 2.12. The molecule has 3 heteroatoms. The Morgan fingerprint density at radius 1 is 1.00 bits per heavy atom. The maximum atomic E-state index is 11.9. The third-order valence-electron chi connectivity index (χ3n) is 8.25. The van der Waals surface area contributed by atoms with Crippen LogP contribution in [0.15, 0.2) is 42.5 Å². The molecule has 2 saturated carbocycles. The Hall–Kier alpha value is -2.00. The minimum Gasteiger partial charge on any atom is -0.508 e. The monoisotopic (exact) mass is 363 g/mol. The topological polar surface area (TPSA) is 66.5 Å². The van der Waals surface area contributed by atoms with E-state index in [0.29, 0.717) is 23.5 Å². The molecule has 0 unspecified atom stereocenters. The highest BCUT2D eigenvalue weighted by atomic mass is 16.3. The second kappa shape index (κ2) is 5.75. The van der Waals surface area contributed by atoms with Gasteiger partial charge < -0.3 is 15.9 Å². The summed E-state index contributed by atoms with van der Waals surface area (Å²) in [6.45, 7) is 2.32. The largest absolute Gasteiger partial charge is 0.508 e. The van der Waals surface area contributed by atoms with Gasteiger partial charge >= 0.3 is 0 Å². The molecule has 0 aromatic heterocycles. The van der Waals surface area contributed by atoms with Crippen LogP contribution in [0.5, 0.6) is 5.75 Å². The predicted octanol–water partition coefficient (Wildman–Crippen LogP) is 4.72. The van der Waals surface area contributed by atoms with E-state index in [-0.39, 0.29) is 5.41 Å². The average molecular weight is 364 g/mol. The maximum absolute atomic E-state index is 11.9. The fourth-order valence-electron chi connectivity index (χ4n) is 6.82. The van der Waals surface area contributed by atoms with Crippen LogP contribution in [0.3, 0.4) is 0 Å². The average Bonchev–Trinajstić information content (AvgIpc) is 2.94. The van der Waals surface area contributed by atoms with E-state index in [1.165, 1.54) is 17.5 Å². The van der Waals surface area contributed by atoms with E-state index in [2.05, 4.69) is 13.0 Å². The summed E-state index contributed by atoms with van der Waals surface area (Å²) in [5, 5.41) is 21.7. The number of hydrogen-bond acceptors (Lipinski definition) is 3. The molecule has 3 aliphatic carbocycles. The van der Waals surface area contributed by atoms with Crippen LogP contribution in [0, 0.1) is 17.3 Å². The summed E-state index contributed by atoms with van der Waals surface area (Å²) in [6, 6.07) is 13.8. The zero-order chi connectivity index (χ0) is 18.8. The first-order chi connectivity index (χ1) is 12.9. The van der Waals surface area contributed by atoms with Gasteiger partial charge in [-0.2, -0.15) is 0 Å². The van der Waals surface area contributed by atoms with Crippen molar-refractivity contribution in [3.63, 3.8) is 0 Å². The van der Waals surface area contributed by atoms with Crippen molar-refractivity contribution in [1.29, 1.82) is 0 Å². The van der Waals surface area contributed by atoms with E-state index >= 15 is 0 Å². The van der Waals surface area contributed by atoms with Gasteiger partial charge in [0, 0.05) is 11.1 Å². The fourth-order valence-corrected chi connectivity index (χ4v) is 6.82. The molecule has 2 aromatic carbocycles. The van der Waals surface area contributed by atoms with Gasteiger partial charge in [-0.1, -0.05) is 25.1 Å². The summed E-state index contributed by atoms with van der Waals surface area (Å²) in [4.78, 5) is 0. The van der Waals surface area contributed by atoms with Gasteiger partial charge in [-0.15, -0.1) is 0 Å². The minimum atomic E-state index is -0.758. The molecule has 0 spiro atoms.